The zero-order chi connectivity index (χ0) is 16.7. The van der Waals surface area contributed by atoms with Gasteiger partial charge in [-0.15, -0.1) is 0 Å². The maximum Gasteiger partial charge on any atom is 0.279 e. The molecule has 24 heavy (non-hydrogen) atoms. The van der Waals surface area contributed by atoms with Gasteiger partial charge in [0.1, 0.15) is 5.82 Å². The Kier molecular flexibility index (Phi) is 4.11. The third-order valence-corrected chi connectivity index (χ3v) is 6.84. The van der Waals surface area contributed by atoms with E-state index in [0.29, 0.717) is 23.7 Å². The molecule has 0 aromatic heterocycles. The number of carbonyl (C=O) groups excluding carboxylic acids is 1. The second kappa shape index (κ2) is 6.14. The van der Waals surface area contributed by atoms with Crippen molar-refractivity contribution in [1.29, 1.82) is 0 Å². The minimum Gasteiger partial charge on any atom is -0.336 e. The minimum atomic E-state index is -0.282. The first-order chi connectivity index (χ1) is 11.5. The summed E-state index contributed by atoms with van der Waals surface area (Å²) >= 11 is 0. The van der Waals surface area contributed by atoms with E-state index >= 15 is 0 Å². The first-order valence-electron chi connectivity index (χ1n) is 9.41. The first kappa shape index (κ1) is 16.1. The van der Waals surface area contributed by atoms with Crippen LogP contribution in [-0.2, 0) is 4.79 Å². The van der Waals surface area contributed by atoms with Gasteiger partial charge in [-0.2, -0.15) is 0 Å². The monoisotopic (exact) mass is 331 g/mol. The van der Waals surface area contributed by atoms with Crippen LogP contribution in [0.3, 0.4) is 0 Å². The van der Waals surface area contributed by atoms with Crippen molar-refractivity contribution in [2.75, 3.05) is 11.9 Å². The molecule has 1 aromatic rings. The van der Waals surface area contributed by atoms with Crippen molar-refractivity contribution >= 4 is 11.6 Å². The number of hydrogen-bond donors (Lipinski definition) is 2. The molecule has 1 aromatic carbocycles. The Morgan fingerprint density at radius 1 is 1.17 bits per heavy atom. The Bertz CT molecular complexity index is 577. The Morgan fingerprint density at radius 2 is 1.71 bits per heavy atom. The van der Waals surface area contributed by atoms with E-state index in [0.717, 1.165) is 17.8 Å². The smallest absolute Gasteiger partial charge is 0.279 e. The molecule has 0 spiro atoms. The average Bonchev–Trinajstić information content (AvgIpc) is 2.53. The number of halogens is 1. The van der Waals surface area contributed by atoms with Crippen LogP contribution in [0.2, 0.25) is 0 Å². The predicted molar refractivity (Wildman–Crippen MR) is 91.9 cm³/mol. The predicted octanol–water partition coefficient (Wildman–Crippen LogP) is 2.93. The lowest BCUT2D eigenvalue weighted by atomic mass is 9.48. The van der Waals surface area contributed by atoms with E-state index in [1.165, 1.54) is 50.7 Å². The number of amides is 1. The normalized spacial score (nSPS) is 35.0. The number of benzene rings is 1. The number of quaternary nitrogens is 1. The van der Waals surface area contributed by atoms with Gasteiger partial charge in [0.15, 0.2) is 6.54 Å². The molecule has 4 fully saturated rings. The van der Waals surface area contributed by atoms with Crippen LogP contribution in [0, 0.1) is 29.0 Å². The maximum atomic E-state index is 12.9. The van der Waals surface area contributed by atoms with E-state index in [-0.39, 0.29) is 11.7 Å². The molecule has 5 rings (SSSR count). The van der Waals surface area contributed by atoms with Crippen LogP contribution in [0.25, 0.3) is 0 Å². The highest BCUT2D eigenvalue weighted by Gasteiger charge is 2.54. The lowest BCUT2D eigenvalue weighted by Gasteiger charge is -2.57. The molecule has 4 heteroatoms. The molecule has 0 radical (unpaired) electrons. The third kappa shape index (κ3) is 3.08. The van der Waals surface area contributed by atoms with Crippen LogP contribution in [0.4, 0.5) is 10.1 Å². The highest BCUT2D eigenvalue weighted by molar-refractivity contribution is 5.91. The van der Waals surface area contributed by atoms with Gasteiger partial charge in [0, 0.05) is 11.1 Å². The average molecular weight is 331 g/mol. The Balaban J connectivity index is 1.32. The molecular formula is C20H28FN2O+. The first-order valence-corrected chi connectivity index (χ1v) is 9.41. The van der Waals surface area contributed by atoms with Crippen LogP contribution in [0.1, 0.15) is 45.4 Å². The molecule has 3 nitrogen and oxygen atoms in total. The molecule has 1 amide bonds. The zero-order valence-corrected chi connectivity index (χ0v) is 14.4. The molecule has 0 unspecified atom stereocenters. The quantitative estimate of drug-likeness (QED) is 0.856. The molecule has 0 heterocycles. The lowest BCUT2D eigenvalue weighted by molar-refractivity contribution is -0.692. The molecule has 0 saturated heterocycles. The van der Waals surface area contributed by atoms with Gasteiger partial charge in [-0.1, -0.05) is 0 Å². The van der Waals surface area contributed by atoms with Crippen LogP contribution in [0.15, 0.2) is 24.3 Å². The van der Waals surface area contributed by atoms with Crippen LogP contribution in [-0.4, -0.2) is 18.5 Å². The molecule has 3 N–H and O–H groups in total. The standard InChI is InChI=1S/C20H27FN2O/c1-13(20-9-14-6-15(10-20)8-16(7-14)11-20)22-12-19(24)23-18-4-2-17(21)3-5-18/h2-5,13-16,22H,6-12H2,1H3,(H,23,24)/p+1/t13-,14?,15?,16?,20?/m1/s1. The van der Waals surface area contributed by atoms with Gasteiger partial charge in [-0.25, -0.2) is 4.39 Å². The van der Waals surface area contributed by atoms with Crippen LogP contribution < -0.4 is 10.6 Å². The fourth-order valence-corrected chi connectivity index (χ4v) is 6.01. The van der Waals surface area contributed by atoms with Crippen molar-refractivity contribution in [1.82, 2.24) is 0 Å². The summed E-state index contributed by atoms with van der Waals surface area (Å²) in [6, 6.07) is 6.46. The van der Waals surface area contributed by atoms with Gasteiger partial charge < -0.3 is 10.6 Å². The third-order valence-electron chi connectivity index (χ3n) is 6.84. The van der Waals surface area contributed by atoms with E-state index < -0.39 is 0 Å². The van der Waals surface area contributed by atoms with Crippen molar-refractivity contribution in [2.24, 2.45) is 23.2 Å². The second-order valence-electron chi connectivity index (χ2n) is 8.56. The van der Waals surface area contributed by atoms with Gasteiger partial charge in [0.05, 0.1) is 6.04 Å². The summed E-state index contributed by atoms with van der Waals surface area (Å²) in [5.74, 6) is 2.55. The fraction of sp³-hybridized carbons (Fsp3) is 0.650. The van der Waals surface area contributed by atoms with Crippen molar-refractivity contribution in [3.8, 4) is 0 Å². The van der Waals surface area contributed by atoms with Gasteiger partial charge in [-0.05, 0) is 87.5 Å². The van der Waals surface area contributed by atoms with Gasteiger partial charge in [0.2, 0.25) is 0 Å². The van der Waals surface area contributed by atoms with E-state index in [1.54, 1.807) is 12.1 Å². The molecule has 4 aliphatic rings. The Hall–Kier alpha value is -1.42. The van der Waals surface area contributed by atoms with E-state index in [9.17, 15) is 9.18 Å². The van der Waals surface area contributed by atoms with E-state index in [2.05, 4.69) is 17.6 Å². The summed E-state index contributed by atoms with van der Waals surface area (Å²) in [6.07, 6.45) is 8.48. The Morgan fingerprint density at radius 3 is 2.25 bits per heavy atom. The molecule has 1 atom stereocenters. The topological polar surface area (TPSA) is 45.7 Å². The van der Waals surface area contributed by atoms with Crippen molar-refractivity contribution in [3.63, 3.8) is 0 Å². The summed E-state index contributed by atoms with van der Waals surface area (Å²) in [7, 11) is 0. The number of nitrogens with one attached hydrogen (secondary N) is 1. The van der Waals surface area contributed by atoms with Gasteiger partial charge >= 0.3 is 0 Å². The summed E-state index contributed by atoms with van der Waals surface area (Å²) in [5, 5.41) is 5.09. The highest BCUT2D eigenvalue weighted by Crippen LogP contribution is 2.60. The number of nitrogens with two attached hydrogens (primary N) is 1. The fourth-order valence-electron chi connectivity index (χ4n) is 6.01. The highest BCUT2D eigenvalue weighted by atomic mass is 19.1. The molecule has 4 saturated carbocycles. The lowest BCUT2D eigenvalue weighted by Crippen LogP contribution is -2.94. The van der Waals surface area contributed by atoms with Gasteiger partial charge in [-0.3, -0.25) is 4.79 Å². The number of rotatable bonds is 5. The second-order valence-corrected chi connectivity index (χ2v) is 8.56. The van der Waals surface area contributed by atoms with Crippen LogP contribution >= 0.6 is 0 Å². The summed E-state index contributed by atoms with van der Waals surface area (Å²) in [6.45, 7) is 2.76. The largest absolute Gasteiger partial charge is 0.336 e. The van der Waals surface area contributed by atoms with E-state index in [4.69, 9.17) is 0 Å². The molecule has 130 valence electrons. The zero-order valence-electron chi connectivity index (χ0n) is 14.4. The molecular weight excluding hydrogens is 303 g/mol. The van der Waals surface area contributed by atoms with Gasteiger partial charge in [0.25, 0.3) is 5.91 Å². The number of hydrogen-bond acceptors (Lipinski definition) is 1. The summed E-state index contributed by atoms with van der Waals surface area (Å²) in [5.41, 5.74) is 1.13. The number of carbonyl (C=O) groups is 1. The summed E-state index contributed by atoms with van der Waals surface area (Å²) in [4.78, 5) is 12.2. The Labute approximate surface area is 143 Å². The van der Waals surface area contributed by atoms with Crippen molar-refractivity contribution < 1.29 is 14.5 Å². The molecule has 4 aliphatic carbocycles. The number of anilines is 1. The molecule has 4 bridgehead atoms. The summed E-state index contributed by atoms with van der Waals surface area (Å²) < 4.78 is 12.9. The van der Waals surface area contributed by atoms with Crippen molar-refractivity contribution in [3.05, 3.63) is 30.1 Å². The molecule has 0 aliphatic heterocycles. The SMILES string of the molecule is C[C@@H]([NH2+]CC(=O)Nc1ccc(F)cc1)C12CC3CC(CC(C3)C1)C2. The maximum absolute atomic E-state index is 12.9. The van der Waals surface area contributed by atoms with E-state index in [1.807, 2.05) is 0 Å². The van der Waals surface area contributed by atoms with Crippen LogP contribution in [0.5, 0.6) is 0 Å². The van der Waals surface area contributed by atoms with Crippen molar-refractivity contribution in [2.45, 2.75) is 51.5 Å². The minimum absolute atomic E-state index is 0.00168.